The largest absolute Gasteiger partial charge is 0.493 e. The number of aromatic hydroxyl groups is 1. The first-order valence-electron chi connectivity index (χ1n) is 11.3. The first kappa shape index (κ1) is 22.1. The molecule has 5 aromatic rings. The van der Waals surface area contributed by atoms with Crippen molar-refractivity contribution in [2.45, 2.75) is 6.42 Å². The van der Waals surface area contributed by atoms with Crippen LogP contribution in [-0.4, -0.2) is 34.2 Å². The molecule has 3 aromatic carbocycles. The van der Waals surface area contributed by atoms with Crippen molar-refractivity contribution in [1.82, 2.24) is 9.97 Å². The summed E-state index contributed by atoms with van der Waals surface area (Å²) >= 11 is 6.39. The van der Waals surface area contributed by atoms with Gasteiger partial charge in [0.2, 0.25) is 5.88 Å². The molecule has 0 saturated heterocycles. The number of pyridine rings is 1. The fourth-order valence-electron chi connectivity index (χ4n) is 4.23. The Morgan fingerprint density at radius 2 is 1.72 bits per heavy atom. The van der Waals surface area contributed by atoms with Crippen molar-refractivity contribution >= 4 is 45.0 Å². The summed E-state index contributed by atoms with van der Waals surface area (Å²) in [5.41, 5.74) is 2.93. The number of amides is 1. The lowest BCUT2D eigenvalue weighted by Gasteiger charge is -2.08. The van der Waals surface area contributed by atoms with Gasteiger partial charge in [-0.2, -0.15) is 0 Å². The molecule has 2 aromatic heterocycles. The third-order valence-electron chi connectivity index (χ3n) is 5.96. The predicted octanol–water partition coefficient (Wildman–Crippen LogP) is 6.83. The molecule has 1 aliphatic heterocycles. The Hall–Kier alpha value is -4.43. The number of nitrogens with one attached hydrogen (secondary N) is 1. The van der Waals surface area contributed by atoms with Crippen LogP contribution in [0.3, 0.4) is 0 Å². The number of nitrogens with zero attached hydrogens (tertiary/aromatic N) is 3. The molecule has 0 fully saturated rings. The zero-order chi connectivity index (χ0) is 24.6. The van der Waals surface area contributed by atoms with Crippen molar-refractivity contribution in [1.29, 1.82) is 0 Å². The number of ether oxygens (including phenoxy) is 2. The number of azo groups is 1. The van der Waals surface area contributed by atoms with Gasteiger partial charge in [-0.15, -0.1) is 10.2 Å². The number of benzene rings is 3. The van der Waals surface area contributed by atoms with E-state index in [1.807, 2.05) is 36.4 Å². The van der Waals surface area contributed by atoms with E-state index in [1.54, 1.807) is 30.3 Å². The molecular formula is C27H19ClN4O4. The number of carbonyl (C=O) groups is 1. The molecule has 3 heterocycles. The van der Waals surface area contributed by atoms with Crippen molar-refractivity contribution in [3.63, 3.8) is 0 Å². The smallest absolute Gasteiger partial charge is 0.296 e. The molecule has 8 nitrogen and oxygen atoms in total. The van der Waals surface area contributed by atoms with Crippen LogP contribution in [0.1, 0.15) is 16.8 Å². The quantitative estimate of drug-likeness (QED) is 0.265. The van der Waals surface area contributed by atoms with E-state index in [-0.39, 0.29) is 11.6 Å². The minimum atomic E-state index is -0.579. The second-order valence-corrected chi connectivity index (χ2v) is 8.68. The highest BCUT2D eigenvalue weighted by atomic mass is 35.5. The van der Waals surface area contributed by atoms with Crippen LogP contribution < -0.4 is 9.47 Å². The van der Waals surface area contributed by atoms with Gasteiger partial charge in [-0.3, -0.25) is 4.79 Å². The molecule has 0 atom stereocenters. The normalized spacial score (nSPS) is 13.4. The number of rotatable bonds is 3. The molecule has 0 aliphatic carbocycles. The molecule has 1 amide bonds. The number of fused-ring (bicyclic) bond motifs is 3. The van der Waals surface area contributed by atoms with E-state index in [0.29, 0.717) is 68.4 Å². The molecule has 6 rings (SSSR count). The number of H-pyrrole nitrogens is 1. The van der Waals surface area contributed by atoms with Crippen molar-refractivity contribution in [2.75, 3.05) is 13.2 Å². The molecular weight excluding hydrogens is 480 g/mol. The molecule has 178 valence electrons. The predicted molar refractivity (Wildman–Crippen MR) is 137 cm³/mol. The number of aromatic amines is 1. The Bertz CT molecular complexity index is 1680. The zero-order valence-electron chi connectivity index (χ0n) is 18.9. The van der Waals surface area contributed by atoms with Gasteiger partial charge in [-0.25, -0.2) is 4.98 Å². The van der Waals surface area contributed by atoms with Crippen LogP contribution in [0.4, 0.5) is 5.69 Å². The lowest BCUT2D eigenvalue weighted by atomic mass is 10.0. The van der Waals surface area contributed by atoms with Crippen LogP contribution in [0.5, 0.6) is 17.4 Å². The molecule has 0 unspecified atom stereocenters. The van der Waals surface area contributed by atoms with Crippen LogP contribution in [0, 0.1) is 0 Å². The molecule has 0 spiro atoms. The highest BCUT2D eigenvalue weighted by Gasteiger charge is 2.19. The zero-order valence-corrected chi connectivity index (χ0v) is 19.6. The number of carbonyl (C=O) groups excluding carboxylic acids is 1. The maximum Gasteiger partial charge on any atom is 0.296 e. The minimum absolute atomic E-state index is 0.138. The molecule has 36 heavy (non-hydrogen) atoms. The third-order valence-corrected chi connectivity index (χ3v) is 6.29. The fourth-order valence-corrected chi connectivity index (χ4v) is 4.46. The van der Waals surface area contributed by atoms with Gasteiger partial charge in [0.25, 0.3) is 5.91 Å². The second-order valence-electron chi connectivity index (χ2n) is 8.27. The van der Waals surface area contributed by atoms with Crippen LogP contribution in [0.25, 0.3) is 33.1 Å². The second kappa shape index (κ2) is 8.98. The summed E-state index contributed by atoms with van der Waals surface area (Å²) < 4.78 is 11.5. The first-order valence-corrected chi connectivity index (χ1v) is 11.7. The Labute approximate surface area is 210 Å². The molecule has 0 saturated carbocycles. The van der Waals surface area contributed by atoms with Gasteiger partial charge in [-0.05, 0) is 24.3 Å². The number of hydrogen-bond acceptors (Lipinski definition) is 6. The van der Waals surface area contributed by atoms with Crippen LogP contribution >= 0.6 is 11.6 Å². The Morgan fingerprint density at radius 3 is 2.56 bits per heavy atom. The number of hydrogen-bond donors (Lipinski definition) is 2. The highest BCUT2D eigenvalue weighted by Crippen LogP contribution is 2.42. The topological polar surface area (TPSA) is 109 Å². The first-order chi connectivity index (χ1) is 17.6. The molecule has 9 heteroatoms. The minimum Gasteiger partial charge on any atom is -0.493 e. The van der Waals surface area contributed by atoms with E-state index >= 15 is 0 Å². The molecule has 0 radical (unpaired) electrons. The van der Waals surface area contributed by atoms with E-state index in [1.165, 1.54) is 0 Å². The monoisotopic (exact) mass is 498 g/mol. The molecule has 2 N–H and O–H groups in total. The van der Waals surface area contributed by atoms with E-state index in [0.717, 1.165) is 6.42 Å². The summed E-state index contributed by atoms with van der Waals surface area (Å²) in [4.78, 5) is 20.8. The van der Waals surface area contributed by atoms with Gasteiger partial charge < -0.3 is 19.6 Å². The summed E-state index contributed by atoms with van der Waals surface area (Å²) in [5, 5.41) is 20.3. The maximum absolute atomic E-state index is 13.3. The lowest BCUT2D eigenvalue weighted by molar-refractivity contribution is 0.0996. The van der Waals surface area contributed by atoms with Crippen molar-refractivity contribution in [3.05, 3.63) is 77.3 Å². The van der Waals surface area contributed by atoms with E-state index < -0.39 is 5.91 Å². The summed E-state index contributed by atoms with van der Waals surface area (Å²) in [6, 6.07) is 19.7. The summed E-state index contributed by atoms with van der Waals surface area (Å²) in [6.45, 7) is 1.06. The van der Waals surface area contributed by atoms with E-state index in [4.69, 9.17) is 21.1 Å². The third kappa shape index (κ3) is 3.91. The van der Waals surface area contributed by atoms with Gasteiger partial charge in [0.1, 0.15) is 0 Å². The van der Waals surface area contributed by atoms with Crippen molar-refractivity contribution < 1.29 is 19.4 Å². The van der Waals surface area contributed by atoms with Gasteiger partial charge >= 0.3 is 0 Å². The van der Waals surface area contributed by atoms with Gasteiger partial charge in [0, 0.05) is 33.8 Å². The highest BCUT2D eigenvalue weighted by molar-refractivity contribution is 6.33. The van der Waals surface area contributed by atoms with E-state index in [2.05, 4.69) is 20.2 Å². The summed E-state index contributed by atoms with van der Waals surface area (Å²) in [6.07, 6.45) is 0.769. The number of aromatic nitrogens is 2. The van der Waals surface area contributed by atoms with Crippen molar-refractivity contribution in [2.24, 2.45) is 10.2 Å². The Kier molecular flexibility index (Phi) is 5.50. The Balaban J connectivity index is 1.42. The van der Waals surface area contributed by atoms with Crippen LogP contribution in [0.15, 0.2) is 77.0 Å². The van der Waals surface area contributed by atoms with Gasteiger partial charge in [0.15, 0.2) is 17.2 Å². The molecule has 0 bridgehead atoms. The fraction of sp³-hybridized carbons (Fsp3) is 0.111. The molecule has 1 aliphatic rings. The number of halogens is 1. The standard InChI is InChI=1S/C27H19ClN4O4/c28-19-8-3-1-7-16(19)21-12-17(15-6-2-4-9-20(15)29-21)26(33)32-31-25-18-13-23-24(36-11-5-10-35-23)14-22(18)30-27(25)34/h1-4,6-9,12-14,30,34H,5,10-11H2. The number of para-hydroxylation sites is 1. The Morgan fingerprint density at radius 1 is 0.972 bits per heavy atom. The maximum atomic E-state index is 13.3. The van der Waals surface area contributed by atoms with Crippen LogP contribution in [-0.2, 0) is 0 Å². The van der Waals surface area contributed by atoms with Gasteiger partial charge in [0.05, 0.1) is 35.5 Å². The van der Waals surface area contributed by atoms with Crippen molar-refractivity contribution in [3.8, 4) is 28.6 Å². The summed E-state index contributed by atoms with van der Waals surface area (Å²) in [5.74, 6) is 0.338. The van der Waals surface area contributed by atoms with Gasteiger partial charge in [-0.1, -0.05) is 48.0 Å². The summed E-state index contributed by atoms with van der Waals surface area (Å²) in [7, 11) is 0. The lowest BCUT2D eigenvalue weighted by Crippen LogP contribution is -1.99. The van der Waals surface area contributed by atoms with Crippen LogP contribution in [0.2, 0.25) is 5.02 Å². The average molecular weight is 499 g/mol. The SMILES string of the molecule is O=C(N=Nc1c(O)[nH]c2cc3c(cc12)OCCCO3)c1cc(-c2ccccc2Cl)nc2ccccc12. The average Bonchev–Trinajstić information content (AvgIpc) is 3.03. The van der Waals surface area contributed by atoms with E-state index in [9.17, 15) is 9.90 Å².